The average Bonchev–Trinajstić information content (AvgIpc) is 2.52. The summed E-state index contributed by atoms with van der Waals surface area (Å²) in [7, 11) is 0. The summed E-state index contributed by atoms with van der Waals surface area (Å²) in [5.74, 6) is 0.734. The maximum absolute atomic E-state index is 4.85. The molecule has 1 aromatic heterocycles. The topological polar surface area (TPSA) is 26.0 Å². The third-order valence-corrected chi connectivity index (χ3v) is 1.54. The van der Waals surface area contributed by atoms with E-state index in [1.807, 2.05) is 45.9 Å². The van der Waals surface area contributed by atoms with Gasteiger partial charge in [-0.1, -0.05) is 36.5 Å². The van der Waals surface area contributed by atoms with Gasteiger partial charge in [0.1, 0.15) is 6.26 Å². The highest BCUT2D eigenvalue weighted by molar-refractivity contribution is 5.19. The molecule has 0 N–H and O–H groups in total. The van der Waals surface area contributed by atoms with E-state index < -0.39 is 0 Å². The van der Waals surface area contributed by atoms with Crippen molar-refractivity contribution in [2.75, 3.05) is 0 Å². The lowest BCUT2D eigenvalue weighted by molar-refractivity contribution is 0.521. The minimum absolute atomic E-state index is 0.734. The van der Waals surface area contributed by atoms with Gasteiger partial charge in [0.05, 0.1) is 5.69 Å². The SMILES string of the molecule is C=C/C=C(C)\C=C/C.Cc1coc(C)n1. The standard InChI is InChI=1S/C8H12.C5H7NO/c1-4-6-8(3)7-5-2;1-4-3-7-5(2)6-4/h4-7H,1H2,2-3H3;3H,1-2H3/b7-5-,8-6-;. The second kappa shape index (κ2) is 7.80. The highest BCUT2D eigenvalue weighted by Crippen LogP contribution is 1.95. The molecule has 1 aromatic rings. The normalized spacial score (nSPS) is 11.1. The number of oxazole rings is 1. The van der Waals surface area contributed by atoms with E-state index in [1.165, 1.54) is 5.57 Å². The number of rotatable bonds is 2. The largest absolute Gasteiger partial charge is 0.449 e. The zero-order chi connectivity index (χ0) is 11.7. The Bertz CT molecular complexity index is 329. The van der Waals surface area contributed by atoms with Crippen molar-refractivity contribution in [1.82, 2.24) is 4.98 Å². The molecular formula is C13H19NO. The van der Waals surface area contributed by atoms with Crippen LogP contribution in [0.25, 0.3) is 0 Å². The summed E-state index contributed by atoms with van der Waals surface area (Å²) in [6.07, 6.45) is 9.45. The lowest BCUT2D eigenvalue weighted by Crippen LogP contribution is -1.67. The van der Waals surface area contributed by atoms with Gasteiger partial charge in [-0.15, -0.1) is 0 Å². The van der Waals surface area contributed by atoms with Gasteiger partial charge in [0.15, 0.2) is 5.89 Å². The van der Waals surface area contributed by atoms with Gasteiger partial charge >= 0.3 is 0 Å². The Balaban J connectivity index is 0.000000262. The van der Waals surface area contributed by atoms with E-state index >= 15 is 0 Å². The molecule has 15 heavy (non-hydrogen) atoms. The third kappa shape index (κ3) is 7.50. The Kier molecular flexibility index (Phi) is 6.98. The van der Waals surface area contributed by atoms with Crippen LogP contribution in [0.15, 0.2) is 47.1 Å². The first-order valence-corrected chi connectivity index (χ1v) is 4.91. The van der Waals surface area contributed by atoms with Crippen LogP contribution in [0.1, 0.15) is 25.4 Å². The van der Waals surface area contributed by atoms with Crippen LogP contribution < -0.4 is 0 Å². The fourth-order valence-corrected chi connectivity index (χ4v) is 0.976. The quantitative estimate of drug-likeness (QED) is 0.682. The van der Waals surface area contributed by atoms with Crippen molar-refractivity contribution >= 4 is 0 Å². The molecule has 0 aromatic carbocycles. The van der Waals surface area contributed by atoms with Gasteiger partial charge in [0.2, 0.25) is 0 Å². The molecule has 0 bridgehead atoms. The van der Waals surface area contributed by atoms with Crippen molar-refractivity contribution in [2.24, 2.45) is 0 Å². The van der Waals surface area contributed by atoms with Crippen LogP contribution in [0.5, 0.6) is 0 Å². The lowest BCUT2D eigenvalue weighted by Gasteiger charge is -1.82. The molecule has 0 aliphatic rings. The highest BCUT2D eigenvalue weighted by Gasteiger charge is 1.87. The average molecular weight is 205 g/mol. The van der Waals surface area contributed by atoms with Crippen molar-refractivity contribution < 1.29 is 4.42 Å². The Hall–Kier alpha value is -1.57. The smallest absolute Gasteiger partial charge is 0.191 e. The molecule has 0 radical (unpaired) electrons. The van der Waals surface area contributed by atoms with Gasteiger partial charge in [-0.2, -0.15) is 0 Å². The van der Waals surface area contributed by atoms with E-state index in [0.29, 0.717) is 0 Å². The summed E-state index contributed by atoms with van der Waals surface area (Å²) in [5, 5.41) is 0. The number of nitrogens with zero attached hydrogens (tertiary/aromatic N) is 1. The second-order valence-corrected chi connectivity index (χ2v) is 3.15. The van der Waals surface area contributed by atoms with Gasteiger partial charge in [0, 0.05) is 6.92 Å². The first-order valence-electron chi connectivity index (χ1n) is 4.91. The molecule has 2 heteroatoms. The first kappa shape index (κ1) is 13.4. The van der Waals surface area contributed by atoms with Gasteiger partial charge < -0.3 is 4.42 Å². The monoisotopic (exact) mass is 205 g/mol. The van der Waals surface area contributed by atoms with Crippen molar-refractivity contribution in [1.29, 1.82) is 0 Å². The van der Waals surface area contributed by atoms with Crippen molar-refractivity contribution in [3.8, 4) is 0 Å². The van der Waals surface area contributed by atoms with E-state index in [-0.39, 0.29) is 0 Å². The number of aromatic nitrogens is 1. The molecule has 1 heterocycles. The molecule has 82 valence electrons. The van der Waals surface area contributed by atoms with Gasteiger partial charge in [0.25, 0.3) is 0 Å². The van der Waals surface area contributed by atoms with Crippen LogP contribution in [0, 0.1) is 13.8 Å². The second-order valence-electron chi connectivity index (χ2n) is 3.15. The molecule has 0 spiro atoms. The van der Waals surface area contributed by atoms with Crippen LogP contribution in [0.4, 0.5) is 0 Å². The molecule has 0 unspecified atom stereocenters. The van der Waals surface area contributed by atoms with Crippen LogP contribution in [-0.4, -0.2) is 4.98 Å². The molecule has 1 rings (SSSR count). The number of allylic oxidation sites excluding steroid dienone is 5. The molecule has 0 saturated heterocycles. The zero-order valence-corrected chi connectivity index (χ0v) is 9.95. The Labute approximate surface area is 92.0 Å². The van der Waals surface area contributed by atoms with Crippen molar-refractivity contribution in [2.45, 2.75) is 27.7 Å². The first-order chi connectivity index (χ1) is 7.10. The molecule has 0 amide bonds. The highest BCUT2D eigenvalue weighted by atomic mass is 16.3. The summed E-state index contributed by atoms with van der Waals surface area (Å²) in [6.45, 7) is 11.3. The molecule has 2 nitrogen and oxygen atoms in total. The predicted octanol–water partition coefficient (Wildman–Crippen LogP) is 3.99. The molecule has 0 fully saturated rings. The predicted molar refractivity (Wildman–Crippen MR) is 64.7 cm³/mol. The van der Waals surface area contributed by atoms with Crippen LogP contribution in [0.3, 0.4) is 0 Å². The summed E-state index contributed by atoms with van der Waals surface area (Å²) >= 11 is 0. The van der Waals surface area contributed by atoms with E-state index in [4.69, 9.17) is 4.42 Å². The van der Waals surface area contributed by atoms with Gasteiger partial charge in [-0.05, 0) is 20.8 Å². The number of hydrogen-bond donors (Lipinski definition) is 0. The van der Waals surface area contributed by atoms with E-state index in [1.54, 1.807) is 12.3 Å². The molecule has 0 saturated carbocycles. The summed E-state index contributed by atoms with van der Waals surface area (Å²) in [5.41, 5.74) is 2.18. The minimum atomic E-state index is 0.734. The minimum Gasteiger partial charge on any atom is -0.449 e. The maximum atomic E-state index is 4.85. The Morgan fingerprint density at radius 3 is 2.40 bits per heavy atom. The lowest BCUT2D eigenvalue weighted by atomic mass is 10.2. The van der Waals surface area contributed by atoms with Crippen LogP contribution in [0.2, 0.25) is 0 Å². The Morgan fingerprint density at radius 2 is 2.13 bits per heavy atom. The van der Waals surface area contributed by atoms with Crippen molar-refractivity contribution in [3.05, 3.63) is 54.3 Å². The molecule has 0 aliphatic heterocycles. The van der Waals surface area contributed by atoms with Gasteiger partial charge in [-0.3, -0.25) is 0 Å². The summed E-state index contributed by atoms with van der Waals surface area (Å²) < 4.78 is 4.85. The van der Waals surface area contributed by atoms with E-state index in [9.17, 15) is 0 Å². The van der Waals surface area contributed by atoms with E-state index in [2.05, 4.69) is 11.6 Å². The zero-order valence-electron chi connectivity index (χ0n) is 9.95. The van der Waals surface area contributed by atoms with Gasteiger partial charge in [-0.25, -0.2) is 4.98 Å². The molecular weight excluding hydrogens is 186 g/mol. The Morgan fingerprint density at radius 1 is 1.47 bits per heavy atom. The fourth-order valence-electron chi connectivity index (χ4n) is 0.976. The summed E-state index contributed by atoms with van der Waals surface area (Å²) in [4.78, 5) is 3.94. The maximum Gasteiger partial charge on any atom is 0.191 e. The van der Waals surface area contributed by atoms with Crippen LogP contribution in [-0.2, 0) is 0 Å². The third-order valence-electron chi connectivity index (χ3n) is 1.54. The molecule has 0 aliphatic carbocycles. The van der Waals surface area contributed by atoms with E-state index in [0.717, 1.165) is 11.6 Å². The molecule has 0 atom stereocenters. The number of hydrogen-bond acceptors (Lipinski definition) is 2. The fraction of sp³-hybridized carbons (Fsp3) is 0.308. The van der Waals surface area contributed by atoms with Crippen LogP contribution >= 0.6 is 0 Å². The summed E-state index contributed by atoms with van der Waals surface area (Å²) in [6, 6.07) is 0. The van der Waals surface area contributed by atoms with Crippen molar-refractivity contribution in [3.63, 3.8) is 0 Å². The number of aryl methyl sites for hydroxylation is 2.